The molecule has 0 N–H and O–H groups in total. The smallest absolute Gasteiger partial charge is 0.163 e. The molecule has 0 radical (unpaired) electrons. The van der Waals surface area contributed by atoms with E-state index in [4.69, 9.17) is 14.2 Å². The van der Waals surface area contributed by atoms with E-state index in [2.05, 4.69) is 10.1 Å². The Morgan fingerprint density at radius 3 is 3.00 bits per heavy atom. The first-order chi connectivity index (χ1) is 9.40. The van der Waals surface area contributed by atoms with Crippen molar-refractivity contribution in [1.82, 2.24) is 14.8 Å². The molecule has 0 spiro atoms. The van der Waals surface area contributed by atoms with Crippen LogP contribution in [0.4, 0.5) is 0 Å². The second kappa shape index (κ2) is 5.38. The highest BCUT2D eigenvalue weighted by Crippen LogP contribution is 2.26. The van der Waals surface area contributed by atoms with Gasteiger partial charge in [0.25, 0.3) is 0 Å². The highest BCUT2D eigenvalue weighted by atomic mass is 16.6. The number of methoxy groups -OCH3 is 1. The van der Waals surface area contributed by atoms with E-state index < -0.39 is 0 Å². The molecule has 0 bridgehead atoms. The van der Waals surface area contributed by atoms with Crippen LogP contribution in [0.25, 0.3) is 5.69 Å². The van der Waals surface area contributed by atoms with Crippen LogP contribution in [0.2, 0.25) is 0 Å². The molecule has 1 aromatic heterocycles. The molecule has 6 nitrogen and oxygen atoms in total. The Hall–Kier alpha value is -1.92. The fourth-order valence-corrected chi connectivity index (χ4v) is 2.10. The zero-order chi connectivity index (χ0) is 13.1. The minimum Gasteiger partial charge on any atom is -0.494 e. The van der Waals surface area contributed by atoms with Gasteiger partial charge in [-0.25, -0.2) is 9.67 Å². The lowest BCUT2D eigenvalue weighted by molar-refractivity contribution is -0.0942. The number of aromatic nitrogens is 3. The Bertz CT molecular complexity index is 550. The molecule has 0 amide bonds. The van der Waals surface area contributed by atoms with Crippen LogP contribution in [0.5, 0.6) is 5.75 Å². The summed E-state index contributed by atoms with van der Waals surface area (Å²) < 4.78 is 18.2. The number of para-hydroxylation sites is 2. The van der Waals surface area contributed by atoms with Crippen LogP contribution in [0, 0.1) is 0 Å². The summed E-state index contributed by atoms with van der Waals surface area (Å²) in [6.45, 7) is 1.69. The van der Waals surface area contributed by atoms with Crippen molar-refractivity contribution in [2.75, 3.05) is 26.9 Å². The summed E-state index contributed by atoms with van der Waals surface area (Å²) in [6, 6.07) is 7.67. The van der Waals surface area contributed by atoms with Gasteiger partial charge in [-0.05, 0) is 12.1 Å². The van der Waals surface area contributed by atoms with Crippen LogP contribution in [-0.2, 0) is 9.47 Å². The van der Waals surface area contributed by atoms with Crippen LogP contribution >= 0.6 is 0 Å². The van der Waals surface area contributed by atoms with Gasteiger partial charge >= 0.3 is 0 Å². The summed E-state index contributed by atoms with van der Waals surface area (Å²) >= 11 is 0. The standard InChI is InChI=1S/C13H15N3O3/c1-17-11-5-3-2-4-10(11)16-13(14-9-15-16)12-8-18-6-7-19-12/h2-5,9,12H,6-8H2,1H3/t12-/m0/s1. The third kappa shape index (κ3) is 2.32. The Morgan fingerprint density at radius 2 is 2.21 bits per heavy atom. The first-order valence-corrected chi connectivity index (χ1v) is 6.13. The molecular weight excluding hydrogens is 246 g/mol. The number of rotatable bonds is 3. The summed E-state index contributed by atoms with van der Waals surface area (Å²) in [5.41, 5.74) is 0.840. The molecule has 0 saturated carbocycles. The second-order valence-corrected chi connectivity index (χ2v) is 4.14. The average Bonchev–Trinajstić information content (AvgIpc) is 2.97. The molecule has 1 aliphatic rings. The van der Waals surface area contributed by atoms with Crippen LogP contribution in [-0.4, -0.2) is 41.7 Å². The highest BCUT2D eigenvalue weighted by Gasteiger charge is 2.23. The van der Waals surface area contributed by atoms with E-state index in [1.54, 1.807) is 11.8 Å². The van der Waals surface area contributed by atoms with Crippen molar-refractivity contribution in [1.29, 1.82) is 0 Å². The molecular formula is C13H15N3O3. The van der Waals surface area contributed by atoms with Gasteiger partial charge in [0.2, 0.25) is 0 Å². The van der Waals surface area contributed by atoms with E-state index in [0.717, 1.165) is 17.3 Å². The van der Waals surface area contributed by atoms with E-state index in [9.17, 15) is 0 Å². The minimum atomic E-state index is -0.193. The summed E-state index contributed by atoms with van der Waals surface area (Å²) in [5, 5.41) is 4.26. The van der Waals surface area contributed by atoms with Gasteiger partial charge < -0.3 is 14.2 Å². The van der Waals surface area contributed by atoms with Gasteiger partial charge in [-0.1, -0.05) is 12.1 Å². The SMILES string of the molecule is COc1ccccc1-n1ncnc1[C@@H]1COCCO1. The van der Waals surface area contributed by atoms with Crippen LogP contribution in [0.1, 0.15) is 11.9 Å². The van der Waals surface area contributed by atoms with Gasteiger partial charge in [0.1, 0.15) is 23.9 Å². The first kappa shape index (κ1) is 12.1. The number of hydrogen-bond acceptors (Lipinski definition) is 5. The molecule has 1 atom stereocenters. The van der Waals surface area contributed by atoms with E-state index in [0.29, 0.717) is 19.8 Å². The topological polar surface area (TPSA) is 58.4 Å². The van der Waals surface area contributed by atoms with Gasteiger partial charge in [0.05, 0.1) is 26.9 Å². The third-order valence-corrected chi connectivity index (χ3v) is 2.99. The van der Waals surface area contributed by atoms with Gasteiger partial charge in [0, 0.05) is 0 Å². The Kier molecular flexibility index (Phi) is 3.43. The van der Waals surface area contributed by atoms with Crippen molar-refractivity contribution in [3.8, 4) is 11.4 Å². The molecule has 1 aromatic carbocycles. The van der Waals surface area contributed by atoms with Gasteiger partial charge in [0.15, 0.2) is 5.82 Å². The fourth-order valence-electron chi connectivity index (χ4n) is 2.10. The Morgan fingerprint density at radius 1 is 1.32 bits per heavy atom. The first-order valence-electron chi connectivity index (χ1n) is 6.13. The summed E-state index contributed by atoms with van der Waals surface area (Å²) in [7, 11) is 1.63. The highest BCUT2D eigenvalue weighted by molar-refractivity contribution is 5.46. The molecule has 3 rings (SSSR count). The maximum Gasteiger partial charge on any atom is 0.163 e. The Labute approximate surface area is 110 Å². The second-order valence-electron chi connectivity index (χ2n) is 4.14. The Balaban J connectivity index is 1.99. The molecule has 2 heterocycles. The number of ether oxygens (including phenoxy) is 3. The third-order valence-electron chi connectivity index (χ3n) is 2.99. The normalized spacial score (nSPS) is 19.3. The zero-order valence-corrected chi connectivity index (χ0v) is 10.7. The fraction of sp³-hybridized carbons (Fsp3) is 0.385. The predicted molar refractivity (Wildman–Crippen MR) is 67.4 cm³/mol. The number of benzene rings is 1. The van der Waals surface area contributed by atoms with Crippen LogP contribution in [0.15, 0.2) is 30.6 Å². The molecule has 1 saturated heterocycles. The maximum absolute atomic E-state index is 5.67. The van der Waals surface area contributed by atoms with Crippen molar-refractivity contribution in [3.05, 3.63) is 36.4 Å². The molecule has 2 aromatic rings. The minimum absolute atomic E-state index is 0.193. The zero-order valence-electron chi connectivity index (χ0n) is 10.7. The van der Waals surface area contributed by atoms with E-state index in [1.807, 2.05) is 24.3 Å². The lowest BCUT2D eigenvalue weighted by atomic mass is 10.2. The molecule has 1 fully saturated rings. The van der Waals surface area contributed by atoms with Crippen molar-refractivity contribution in [3.63, 3.8) is 0 Å². The molecule has 0 aliphatic carbocycles. The van der Waals surface area contributed by atoms with E-state index in [1.165, 1.54) is 6.33 Å². The van der Waals surface area contributed by atoms with E-state index >= 15 is 0 Å². The number of nitrogens with zero attached hydrogens (tertiary/aromatic N) is 3. The molecule has 100 valence electrons. The average molecular weight is 261 g/mol. The van der Waals surface area contributed by atoms with Crippen molar-refractivity contribution < 1.29 is 14.2 Å². The maximum atomic E-state index is 5.67. The number of hydrogen-bond donors (Lipinski definition) is 0. The molecule has 19 heavy (non-hydrogen) atoms. The van der Waals surface area contributed by atoms with Crippen molar-refractivity contribution in [2.24, 2.45) is 0 Å². The van der Waals surface area contributed by atoms with Gasteiger partial charge in [-0.3, -0.25) is 0 Å². The van der Waals surface area contributed by atoms with Gasteiger partial charge in [-0.2, -0.15) is 5.10 Å². The van der Waals surface area contributed by atoms with Crippen molar-refractivity contribution in [2.45, 2.75) is 6.10 Å². The van der Waals surface area contributed by atoms with Crippen molar-refractivity contribution >= 4 is 0 Å². The largest absolute Gasteiger partial charge is 0.494 e. The quantitative estimate of drug-likeness (QED) is 0.835. The van der Waals surface area contributed by atoms with Gasteiger partial charge in [-0.15, -0.1) is 0 Å². The molecule has 0 unspecified atom stereocenters. The summed E-state index contributed by atoms with van der Waals surface area (Å²) in [5.74, 6) is 1.47. The van der Waals surface area contributed by atoms with Crippen LogP contribution < -0.4 is 4.74 Å². The monoisotopic (exact) mass is 261 g/mol. The predicted octanol–water partition coefficient (Wildman–Crippen LogP) is 1.36. The molecule has 6 heteroatoms. The van der Waals surface area contributed by atoms with Crippen LogP contribution in [0.3, 0.4) is 0 Å². The van der Waals surface area contributed by atoms with E-state index in [-0.39, 0.29) is 6.10 Å². The summed E-state index contributed by atoms with van der Waals surface area (Å²) in [6.07, 6.45) is 1.32. The summed E-state index contributed by atoms with van der Waals surface area (Å²) in [4.78, 5) is 4.28. The lowest BCUT2D eigenvalue weighted by Crippen LogP contribution is -2.24. The molecule has 1 aliphatic heterocycles. The lowest BCUT2D eigenvalue weighted by Gasteiger charge is -2.22.